The molecule has 0 saturated heterocycles. The van der Waals surface area contributed by atoms with E-state index in [1.54, 1.807) is 0 Å². The van der Waals surface area contributed by atoms with Gasteiger partial charge in [0, 0.05) is 6.10 Å². The summed E-state index contributed by atoms with van der Waals surface area (Å²) in [6.45, 7) is 11.7. The molecule has 0 aliphatic heterocycles. The smallest absolute Gasteiger partial charge is 0.192 e. The second kappa shape index (κ2) is 5.47. The predicted octanol–water partition coefficient (Wildman–Crippen LogP) is 4.98. The van der Waals surface area contributed by atoms with Crippen LogP contribution in [0.2, 0.25) is 18.1 Å². The molecular formula is C13H28OS2Si. The van der Waals surface area contributed by atoms with Crippen LogP contribution in [0.5, 0.6) is 0 Å². The van der Waals surface area contributed by atoms with Crippen LogP contribution in [0.1, 0.15) is 40.0 Å². The summed E-state index contributed by atoms with van der Waals surface area (Å²) >= 11 is 4.03. The summed E-state index contributed by atoms with van der Waals surface area (Å²) < 4.78 is 6.96. The molecule has 1 saturated carbocycles. The van der Waals surface area contributed by atoms with Crippen LogP contribution in [0.3, 0.4) is 0 Å². The van der Waals surface area contributed by atoms with Crippen LogP contribution in [-0.4, -0.2) is 31.0 Å². The van der Waals surface area contributed by atoms with Gasteiger partial charge >= 0.3 is 0 Å². The lowest BCUT2D eigenvalue weighted by Gasteiger charge is -2.38. The molecule has 1 atom stereocenters. The van der Waals surface area contributed by atoms with Crippen molar-refractivity contribution in [3.05, 3.63) is 0 Å². The summed E-state index contributed by atoms with van der Waals surface area (Å²) in [5.41, 5.74) is 0. The van der Waals surface area contributed by atoms with Gasteiger partial charge in [-0.1, -0.05) is 20.8 Å². The van der Waals surface area contributed by atoms with Crippen molar-refractivity contribution in [1.82, 2.24) is 0 Å². The fraction of sp³-hybridized carbons (Fsp3) is 1.00. The molecule has 1 aliphatic carbocycles. The Bertz CT molecular complexity index is 257. The third-order valence-electron chi connectivity index (χ3n) is 4.40. The lowest BCUT2D eigenvalue weighted by atomic mass is 10.2. The van der Waals surface area contributed by atoms with Gasteiger partial charge in [-0.05, 0) is 49.9 Å². The Kier molecular flexibility index (Phi) is 5.13. The Labute approximate surface area is 117 Å². The average Bonchev–Trinajstić information content (AvgIpc) is 2.60. The summed E-state index contributed by atoms with van der Waals surface area (Å²) in [5.74, 6) is 0. The van der Waals surface area contributed by atoms with Gasteiger partial charge in [-0.15, -0.1) is 23.5 Å². The van der Waals surface area contributed by atoms with Crippen LogP contribution in [0.25, 0.3) is 0 Å². The minimum atomic E-state index is -1.58. The molecule has 1 fully saturated rings. The van der Waals surface area contributed by atoms with Crippen molar-refractivity contribution in [1.29, 1.82) is 0 Å². The first kappa shape index (κ1) is 15.9. The van der Waals surface area contributed by atoms with Gasteiger partial charge in [-0.3, -0.25) is 0 Å². The van der Waals surface area contributed by atoms with E-state index in [1.165, 1.54) is 19.3 Å². The van der Waals surface area contributed by atoms with Gasteiger partial charge < -0.3 is 4.43 Å². The van der Waals surface area contributed by atoms with Crippen molar-refractivity contribution in [2.24, 2.45) is 0 Å². The quantitative estimate of drug-likeness (QED) is 0.534. The molecule has 0 aromatic rings. The SMILES string of the molecule is CSC1(SC)CCC(O[Si](C)(C)C(C)(C)C)C1. The van der Waals surface area contributed by atoms with Crippen molar-refractivity contribution < 1.29 is 4.43 Å². The third kappa shape index (κ3) is 3.68. The first-order valence-corrected chi connectivity index (χ1v) is 11.8. The van der Waals surface area contributed by atoms with E-state index in [2.05, 4.69) is 46.4 Å². The van der Waals surface area contributed by atoms with E-state index in [0.29, 0.717) is 15.2 Å². The highest BCUT2D eigenvalue weighted by atomic mass is 32.2. The molecule has 1 rings (SSSR count). The third-order valence-corrected chi connectivity index (χ3v) is 12.2. The van der Waals surface area contributed by atoms with E-state index in [0.717, 1.165) is 0 Å². The van der Waals surface area contributed by atoms with Gasteiger partial charge in [0.05, 0.1) is 4.08 Å². The van der Waals surface area contributed by atoms with Crippen LogP contribution in [-0.2, 0) is 4.43 Å². The maximum Gasteiger partial charge on any atom is 0.192 e. The van der Waals surface area contributed by atoms with Crippen LogP contribution in [0.4, 0.5) is 0 Å². The Morgan fingerprint density at radius 2 is 1.71 bits per heavy atom. The van der Waals surface area contributed by atoms with Crippen molar-refractivity contribution in [3.8, 4) is 0 Å². The summed E-state index contributed by atoms with van der Waals surface area (Å²) in [7, 11) is -1.58. The maximum absolute atomic E-state index is 6.53. The van der Waals surface area contributed by atoms with Crippen molar-refractivity contribution in [2.45, 2.75) is 68.3 Å². The molecule has 0 amide bonds. The monoisotopic (exact) mass is 292 g/mol. The highest BCUT2D eigenvalue weighted by Gasteiger charge is 2.44. The zero-order valence-electron chi connectivity index (χ0n) is 12.4. The van der Waals surface area contributed by atoms with Crippen molar-refractivity contribution >= 4 is 31.8 Å². The summed E-state index contributed by atoms with van der Waals surface area (Å²) in [6, 6.07) is 0. The molecule has 0 spiro atoms. The van der Waals surface area contributed by atoms with Crippen molar-refractivity contribution in [2.75, 3.05) is 12.5 Å². The lowest BCUT2D eigenvalue weighted by Crippen LogP contribution is -2.43. The molecule has 0 radical (unpaired) electrons. The minimum Gasteiger partial charge on any atom is -0.414 e. The van der Waals surface area contributed by atoms with Gasteiger partial charge in [0.15, 0.2) is 8.32 Å². The lowest BCUT2D eigenvalue weighted by molar-refractivity contribution is 0.188. The Morgan fingerprint density at radius 1 is 1.18 bits per heavy atom. The number of thioether (sulfide) groups is 2. The molecule has 1 aliphatic rings. The van der Waals surface area contributed by atoms with Gasteiger partial charge in [0.25, 0.3) is 0 Å². The fourth-order valence-electron chi connectivity index (χ4n) is 2.08. The van der Waals surface area contributed by atoms with Gasteiger partial charge in [0.1, 0.15) is 0 Å². The molecule has 102 valence electrons. The summed E-state index contributed by atoms with van der Waals surface area (Å²) in [4.78, 5) is 0. The second-order valence-electron chi connectivity index (χ2n) is 6.56. The number of hydrogen-bond acceptors (Lipinski definition) is 3. The second-order valence-corrected chi connectivity index (χ2v) is 14.0. The van der Waals surface area contributed by atoms with E-state index in [9.17, 15) is 0 Å². The molecule has 1 unspecified atom stereocenters. The van der Waals surface area contributed by atoms with Crippen LogP contribution < -0.4 is 0 Å². The maximum atomic E-state index is 6.53. The van der Waals surface area contributed by atoms with Gasteiger partial charge in [0.2, 0.25) is 0 Å². The summed E-state index contributed by atoms with van der Waals surface area (Å²) in [6.07, 6.45) is 8.75. The topological polar surface area (TPSA) is 9.23 Å². The Morgan fingerprint density at radius 3 is 2.06 bits per heavy atom. The Hall–Kier alpha value is 0.877. The number of hydrogen-bond donors (Lipinski definition) is 0. The first-order valence-electron chi connectivity index (χ1n) is 6.44. The van der Waals surface area contributed by atoms with E-state index in [4.69, 9.17) is 4.43 Å². The normalized spacial score (nSPS) is 25.2. The molecule has 4 heteroatoms. The van der Waals surface area contributed by atoms with Gasteiger partial charge in [-0.25, -0.2) is 0 Å². The fourth-order valence-corrected chi connectivity index (χ4v) is 5.48. The molecular weight excluding hydrogens is 264 g/mol. The highest BCUT2D eigenvalue weighted by molar-refractivity contribution is 8.17. The standard InChI is InChI=1S/C13H28OS2Si/c1-12(2,3)17(6,7)14-11-8-9-13(10-11,15-4)16-5/h11H,8-10H2,1-7H3. The zero-order valence-corrected chi connectivity index (χ0v) is 15.1. The molecule has 0 aromatic carbocycles. The van der Waals surface area contributed by atoms with Crippen LogP contribution >= 0.6 is 23.5 Å². The largest absolute Gasteiger partial charge is 0.414 e. The predicted molar refractivity (Wildman–Crippen MR) is 85.7 cm³/mol. The average molecular weight is 293 g/mol. The molecule has 0 bridgehead atoms. The van der Waals surface area contributed by atoms with E-state index < -0.39 is 8.32 Å². The molecule has 0 aromatic heterocycles. The molecule has 0 N–H and O–H groups in total. The van der Waals surface area contributed by atoms with Crippen LogP contribution in [0, 0.1) is 0 Å². The van der Waals surface area contributed by atoms with E-state index in [-0.39, 0.29) is 0 Å². The zero-order chi connectivity index (χ0) is 13.3. The molecule has 1 nitrogen and oxygen atoms in total. The van der Waals surface area contributed by atoms with Crippen molar-refractivity contribution in [3.63, 3.8) is 0 Å². The molecule has 0 heterocycles. The van der Waals surface area contributed by atoms with E-state index in [1.807, 2.05) is 23.5 Å². The first-order chi connectivity index (χ1) is 7.66. The van der Waals surface area contributed by atoms with Crippen LogP contribution in [0.15, 0.2) is 0 Å². The van der Waals surface area contributed by atoms with Gasteiger partial charge in [-0.2, -0.15) is 0 Å². The summed E-state index contributed by atoms with van der Waals surface area (Å²) in [5, 5.41) is 0.330. The van der Waals surface area contributed by atoms with E-state index >= 15 is 0 Å². The minimum absolute atomic E-state index is 0.330. The Balaban J connectivity index is 2.62. The number of rotatable bonds is 4. The molecule has 17 heavy (non-hydrogen) atoms. The highest BCUT2D eigenvalue weighted by Crippen LogP contribution is 2.50.